The minimum absolute atomic E-state index is 0.00477. The largest absolute Gasteiger partial charge is 0.375 e. The average molecular weight is 180 g/mol. The van der Waals surface area contributed by atoms with Gasteiger partial charge >= 0.3 is 0 Å². The van der Waals surface area contributed by atoms with Crippen LogP contribution in [-0.4, -0.2) is 16.6 Å². The van der Waals surface area contributed by atoms with Crippen LogP contribution in [0, 0.1) is 0 Å². The van der Waals surface area contributed by atoms with Crippen molar-refractivity contribution in [2.24, 2.45) is 0 Å². The maximum atomic E-state index is 11.5. The van der Waals surface area contributed by atoms with E-state index in [1.807, 2.05) is 6.92 Å². The molecule has 4 nitrogen and oxygen atoms in total. The van der Waals surface area contributed by atoms with Gasteiger partial charge < -0.3 is 9.72 Å². The lowest BCUT2D eigenvalue weighted by Gasteiger charge is -2.14. The molecule has 0 saturated heterocycles. The van der Waals surface area contributed by atoms with Crippen molar-refractivity contribution >= 4 is 0 Å². The lowest BCUT2D eigenvalue weighted by molar-refractivity contribution is 0.106. The predicted molar refractivity (Wildman–Crippen MR) is 47.6 cm³/mol. The summed E-state index contributed by atoms with van der Waals surface area (Å²) in [4.78, 5) is 18.6. The van der Waals surface area contributed by atoms with Gasteiger partial charge in [0.05, 0.1) is 18.9 Å². The van der Waals surface area contributed by atoms with Gasteiger partial charge in [-0.25, -0.2) is 4.98 Å². The van der Waals surface area contributed by atoms with Crippen molar-refractivity contribution in [1.82, 2.24) is 9.97 Å². The maximum absolute atomic E-state index is 11.5. The Bertz CT molecular complexity index is 370. The highest BCUT2D eigenvalue weighted by atomic mass is 16.5. The molecule has 0 bridgehead atoms. The molecule has 13 heavy (non-hydrogen) atoms. The number of fused-ring (bicyclic) bond motifs is 1. The quantitative estimate of drug-likeness (QED) is 0.680. The van der Waals surface area contributed by atoms with E-state index in [2.05, 4.69) is 9.97 Å². The molecule has 0 aromatic carbocycles. The summed E-state index contributed by atoms with van der Waals surface area (Å²) in [5, 5.41) is 0. The molecule has 1 aromatic heterocycles. The number of nitrogens with one attached hydrogen (secondary N) is 1. The van der Waals surface area contributed by atoms with E-state index in [-0.39, 0.29) is 5.56 Å². The number of aromatic nitrogens is 2. The molecule has 0 fully saturated rings. The Labute approximate surface area is 76.0 Å². The van der Waals surface area contributed by atoms with E-state index in [1.165, 1.54) is 0 Å². The highest BCUT2D eigenvalue weighted by Crippen LogP contribution is 2.09. The molecule has 0 spiro atoms. The highest BCUT2D eigenvalue weighted by Gasteiger charge is 2.14. The van der Waals surface area contributed by atoms with Gasteiger partial charge in [-0.2, -0.15) is 0 Å². The lowest BCUT2D eigenvalue weighted by atomic mass is 10.1. The highest BCUT2D eigenvalue weighted by molar-refractivity contribution is 5.19. The van der Waals surface area contributed by atoms with E-state index in [1.54, 1.807) is 0 Å². The molecule has 1 aromatic rings. The van der Waals surface area contributed by atoms with Crippen LogP contribution in [0.25, 0.3) is 0 Å². The van der Waals surface area contributed by atoms with Crippen LogP contribution in [0.4, 0.5) is 0 Å². The molecule has 4 heteroatoms. The molecule has 0 atom stereocenters. The zero-order valence-corrected chi connectivity index (χ0v) is 7.59. The summed E-state index contributed by atoms with van der Waals surface area (Å²) in [6, 6.07) is 0. The molecular formula is C9H12N2O2. The number of ether oxygens (including phenoxy) is 1. The van der Waals surface area contributed by atoms with E-state index >= 15 is 0 Å². The minimum Gasteiger partial charge on any atom is -0.375 e. The smallest absolute Gasteiger partial charge is 0.254 e. The van der Waals surface area contributed by atoms with E-state index < -0.39 is 0 Å². The molecule has 0 aliphatic carbocycles. The molecule has 0 unspecified atom stereocenters. The number of hydrogen-bond acceptors (Lipinski definition) is 3. The van der Waals surface area contributed by atoms with Gasteiger partial charge in [-0.05, 0) is 0 Å². The fraction of sp³-hybridized carbons (Fsp3) is 0.556. The van der Waals surface area contributed by atoms with Crippen LogP contribution in [0.2, 0.25) is 0 Å². The summed E-state index contributed by atoms with van der Waals surface area (Å²) in [7, 11) is 0. The number of aryl methyl sites for hydroxylation is 1. The zero-order valence-electron chi connectivity index (χ0n) is 7.59. The van der Waals surface area contributed by atoms with Crippen molar-refractivity contribution in [2.45, 2.75) is 26.4 Å². The topological polar surface area (TPSA) is 55.0 Å². The Morgan fingerprint density at radius 1 is 1.62 bits per heavy atom. The van der Waals surface area contributed by atoms with Crippen molar-refractivity contribution in [2.75, 3.05) is 6.61 Å². The summed E-state index contributed by atoms with van der Waals surface area (Å²) < 4.78 is 5.24. The Balaban J connectivity index is 2.53. The Hall–Kier alpha value is -1.16. The van der Waals surface area contributed by atoms with Crippen molar-refractivity contribution in [1.29, 1.82) is 0 Å². The normalized spacial score (nSPS) is 15.5. The average Bonchev–Trinajstić information content (AvgIpc) is 2.18. The third kappa shape index (κ3) is 1.49. The van der Waals surface area contributed by atoms with Crippen LogP contribution in [0.15, 0.2) is 4.79 Å². The number of H-pyrrole nitrogens is 1. The van der Waals surface area contributed by atoms with Gasteiger partial charge in [0.25, 0.3) is 5.56 Å². The van der Waals surface area contributed by atoms with Gasteiger partial charge in [-0.3, -0.25) is 4.79 Å². The molecule has 0 radical (unpaired) electrons. The third-order valence-corrected chi connectivity index (χ3v) is 2.22. The van der Waals surface area contributed by atoms with Gasteiger partial charge in [0.1, 0.15) is 5.82 Å². The van der Waals surface area contributed by atoms with Crippen LogP contribution in [0.3, 0.4) is 0 Å². The number of hydrogen-bond donors (Lipinski definition) is 1. The second kappa shape index (κ2) is 3.30. The van der Waals surface area contributed by atoms with Crippen LogP contribution in [-0.2, 0) is 24.2 Å². The predicted octanol–water partition coefficient (Wildman–Crippen LogP) is 0.405. The first kappa shape index (κ1) is 8.44. The van der Waals surface area contributed by atoms with Crippen molar-refractivity contribution in [3.8, 4) is 0 Å². The first-order chi connectivity index (χ1) is 6.31. The van der Waals surface area contributed by atoms with Crippen LogP contribution in [0.1, 0.15) is 24.0 Å². The van der Waals surface area contributed by atoms with E-state index in [0.717, 1.165) is 23.5 Å². The van der Waals surface area contributed by atoms with Crippen molar-refractivity contribution in [3.05, 3.63) is 27.4 Å². The Kier molecular flexibility index (Phi) is 2.14. The summed E-state index contributed by atoms with van der Waals surface area (Å²) in [5.74, 6) is 0.745. The molecule has 1 aliphatic heterocycles. The maximum Gasteiger partial charge on any atom is 0.254 e. The molecule has 1 aliphatic rings. The molecule has 0 saturated carbocycles. The minimum atomic E-state index is 0.00477. The first-order valence-electron chi connectivity index (χ1n) is 4.50. The van der Waals surface area contributed by atoms with Gasteiger partial charge in [-0.1, -0.05) is 6.92 Å². The second-order valence-electron chi connectivity index (χ2n) is 3.09. The van der Waals surface area contributed by atoms with Crippen LogP contribution >= 0.6 is 0 Å². The monoisotopic (exact) mass is 180 g/mol. The molecule has 70 valence electrons. The van der Waals surface area contributed by atoms with Crippen molar-refractivity contribution in [3.63, 3.8) is 0 Å². The number of nitrogens with zero attached hydrogens (tertiary/aromatic N) is 1. The third-order valence-electron chi connectivity index (χ3n) is 2.22. The fourth-order valence-electron chi connectivity index (χ4n) is 1.48. The second-order valence-corrected chi connectivity index (χ2v) is 3.09. The summed E-state index contributed by atoms with van der Waals surface area (Å²) >= 11 is 0. The van der Waals surface area contributed by atoms with Gasteiger partial charge in [0.2, 0.25) is 0 Å². The van der Waals surface area contributed by atoms with E-state index in [4.69, 9.17) is 4.74 Å². The standard InChI is InChI=1S/C9H12N2O2/c1-2-8-10-7-5-13-4-3-6(7)9(12)11-8/h2-5H2,1H3,(H,10,11,12). The molecule has 2 rings (SSSR count). The Morgan fingerprint density at radius 3 is 3.23 bits per heavy atom. The zero-order chi connectivity index (χ0) is 9.26. The summed E-state index contributed by atoms with van der Waals surface area (Å²) in [5.41, 5.74) is 1.61. The Morgan fingerprint density at radius 2 is 2.46 bits per heavy atom. The molecule has 2 heterocycles. The van der Waals surface area contributed by atoms with E-state index in [9.17, 15) is 4.79 Å². The molecule has 0 amide bonds. The molecule has 1 N–H and O–H groups in total. The summed E-state index contributed by atoms with van der Waals surface area (Å²) in [6.07, 6.45) is 1.43. The van der Waals surface area contributed by atoms with E-state index in [0.29, 0.717) is 19.6 Å². The lowest BCUT2D eigenvalue weighted by Crippen LogP contribution is -2.25. The SMILES string of the molecule is CCc1nc2c(c(=O)[nH]1)CCOC2. The van der Waals surface area contributed by atoms with Gasteiger partial charge in [0, 0.05) is 18.4 Å². The first-order valence-corrected chi connectivity index (χ1v) is 4.50. The number of rotatable bonds is 1. The van der Waals surface area contributed by atoms with Gasteiger partial charge in [-0.15, -0.1) is 0 Å². The summed E-state index contributed by atoms with van der Waals surface area (Å²) in [6.45, 7) is 3.07. The number of aromatic amines is 1. The van der Waals surface area contributed by atoms with Crippen LogP contribution < -0.4 is 5.56 Å². The molecular weight excluding hydrogens is 168 g/mol. The van der Waals surface area contributed by atoms with Gasteiger partial charge in [0.15, 0.2) is 0 Å². The fourth-order valence-corrected chi connectivity index (χ4v) is 1.48. The van der Waals surface area contributed by atoms with Crippen molar-refractivity contribution < 1.29 is 4.74 Å². The van der Waals surface area contributed by atoms with Crippen LogP contribution in [0.5, 0.6) is 0 Å².